The number of nitrogens with zero attached hydrogens (tertiary/aromatic N) is 4. The van der Waals surface area contributed by atoms with Crippen molar-refractivity contribution >= 4 is 17.6 Å². The zero-order valence-corrected chi connectivity index (χ0v) is 17.6. The number of guanidine groups is 1. The molecule has 0 bridgehead atoms. The fourth-order valence-corrected chi connectivity index (χ4v) is 3.14. The Morgan fingerprint density at radius 3 is 2.76 bits per heavy atom. The van der Waals surface area contributed by atoms with E-state index in [1.807, 2.05) is 24.3 Å². The molecule has 0 radical (unpaired) electrons. The van der Waals surface area contributed by atoms with Crippen molar-refractivity contribution in [2.24, 2.45) is 4.99 Å². The van der Waals surface area contributed by atoms with Crippen LogP contribution >= 0.6 is 11.6 Å². The normalized spacial score (nSPS) is 15.4. The molecule has 0 aliphatic carbocycles. The number of aliphatic imine (C=N–C) groups is 1. The molecule has 2 N–H and O–H groups in total. The van der Waals surface area contributed by atoms with E-state index in [0.717, 1.165) is 63.9 Å². The summed E-state index contributed by atoms with van der Waals surface area (Å²) in [6, 6.07) is 7.38. The Hall–Kier alpha value is -2.16. The van der Waals surface area contributed by atoms with Crippen molar-refractivity contribution < 1.29 is 9.26 Å². The summed E-state index contributed by atoms with van der Waals surface area (Å²) >= 11 is 5.92. The summed E-state index contributed by atoms with van der Waals surface area (Å²) in [5.74, 6) is 1.97. The van der Waals surface area contributed by atoms with Crippen LogP contribution in [0.4, 0.5) is 0 Å². The first-order valence-corrected chi connectivity index (χ1v) is 10.5. The van der Waals surface area contributed by atoms with Crippen LogP contribution in [0.25, 0.3) is 11.4 Å². The molecule has 3 rings (SSSR count). The van der Waals surface area contributed by atoms with Crippen molar-refractivity contribution in [2.45, 2.75) is 19.8 Å². The zero-order valence-electron chi connectivity index (χ0n) is 16.9. The molecule has 8 nitrogen and oxygen atoms in total. The number of nitrogens with one attached hydrogen (secondary N) is 2. The quantitative estimate of drug-likeness (QED) is 0.365. The van der Waals surface area contributed by atoms with Crippen LogP contribution in [-0.2, 0) is 11.2 Å². The first-order valence-electron chi connectivity index (χ1n) is 10.2. The highest BCUT2D eigenvalue weighted by atomic mass is 35.5. The maximum atomic E-state index is 5.92. The second-order valence-corrected chi connectivity index (χ2v) is 7.20. The minimum Gasteiger partial charge on any atom is -0.379 e. The Morgan fingerprint density at radius 1 is 1.21 bits per heavy atom. The van der Waals surface area contributed by atoms with Gasteiger partial charge in [0.15, 0.2) is 5.96 Å². The van der Waals surface area contributed by atoms with Gasteiger partial charge in [-0.15, -0.1) is 0 Å². The molecule has 1 aliphatic heterocycles. The van der Waals surface area contributed by atoms with Gasteiger partial charge in [0.05, 0.1) is 13.2 Å². The van der Waals surface area contributed by atoms with Crippen LogP contribution < -0.4 is 10.6 Å². The summed E-state index contributed by atoms with van der Waals surface area (Å²) in [7, 11) is 0. The standard InChI is InChI=1S/C20H29ClN6O2/c1-2-22-20(23-9-3-11-27-12-14-28-15-13-27)24-10-8-18-25-19(26-29-18)16-4-6-17(21)7-5-16/h4-7H,2-3,8-15H2,1H3,(H2,22,23,24). The van der Waals surface area contributed by atoms with Crippen LogP contribution in [0.2, 0.25) is 5.02 Å². The van der Waals surface area contributed by atoms with Gasteiger partial charge in [0.1, 0.15) is 0 Å². The van der Waals surface area contributed by atoms with E-state index in [-0.39, 0.29) is 0 Å². The van der Waals surface area contributed by atoms with Crippen LogP contribution in [0, 0.1) is 0 Å². The molecule has 0 saturated carbocycles. The minimum absolute atomic E-state index is 0.570. The molecule has 0 spiro atoms. The van der Waals surface area contributed by atoms with Crippen molar-refractivity contribution in [1.29, 1.82) is 0 Å². The van der Waals surface area contributed by atoms with Crippen LogP contribution in [0.1, 0.15) is 19.2 Å². The lowest BCUT2D eigenvalue weighted by Gasteiger charge is -2.26. The lowest BCUT2D eigenvalue weighted by molar-refractivity contribution is 0.0377. The number of rotatable bonds is 9. The van der Waals surface area contributed by atoms with Crippen molar-refractivity contribution in [3.63, 3.8) is 0 Å². The third kappa shape index (κ3) is 7.30. The third-order valence-corrected chi connectivity index (χ3v) is 4.80. The minimum atomic E-state index is 0.570. The highest BCUT2D eigenvalue weighted by Crippen LogP contribution is 2.18. The highest BCUT2D eigenvalue weighted by Gasteiger charge is 2.10. The number of ether oxygens (including phenoxy) is 1. The SMILES string of the molecule is CCNC(=NCCCN1CCOCC1)NCCc1nc(-c2ccc(Cl)cc2)no1. The zero-order chi connectivity index (χ0) is 20.3. The smallest absolute Gasteiger partial charge is 0.228 e. The number of morpholine rings is 1. The van der Waals surface area contributed by atoms with Gasteiger partial charge < -0.3 is 19.9 Å². The molecule has 1 aromatic heterocycles. The third-order valence-electron chi connectivity index (χ3n) is 4.55. The Morgan fingerprint density at radius 2 is 2.00 bits per heavy atom. The molecular formula is C20H29ClN6O2. The molecule has 1 fully saturated rings. The van der Waals surface area contributed by atoms with E-state index >= 15 is 0 Å². The predicted octanol–water partition coefficient (Wildman–Crippen LogP) is 2.21. The lowest BCUT2D eigenvalue weighted by Crippen LogP contribution is -2.39. The molecule has 1 aromatic carbocycles. The van der Waals surface area contributed by atoms with Crippen LogP contribution in [0.3, 0.4) is 0 Å². The molecule has 29 heavy (non-hydrogen) atoms. The van der Waals surface area contributed by atoms with E-state index in [4.69, 9.17) is 20.9 Å². The summed E-state index contributed by atoms with van der Waals surface area (Å²) < 4.78 is 10.7. The highest BCUT2D eigenvalue weighted by molar-refractivity contribution is 6.30. The Kier molecular flexibility index (Phi) is 8.73. The van der Waals surface area contributed by atoms with Gasteiger partial charge in [0, 0.05) is 56.3 Å². The molecule has 9 heteroatoms. The lowest BCUT2D eigenvalue weighted by atomic mass is 10.2. The molecule has 2 aromatic rings. The largest absolute Gasteiger partial charge is 0.379 e. The monoisotopic (exact) mass is 420 g/mol. The van der Waals surface area contributed by atoms with Crippen molar-refractivity contribution in [2.75, 3.05) is 52.5 Å². The van der Waals surface area contributed by atoms with E-state index in [2.05, 4.69) is 37.6 Å². The maximum absolute atomic E-state index is 5.92. The second kappa shape index (κ2) is 11.7. The van der Waals surface area contributed by atoms with Gasteiger partial charge in [-0.05, 0) is 37.6 Å². The Balaban J connectivity index is 1.41. The van der Waals surface area contributed by atoms with Crippen molar-refractivity contribution in [3.8, 4) is 11.4 Å². The Bertz CT molecular complexity index is 759. The average molecular weight is 421 g/mol. The van der Waals surface area contributed by atoms with E-state index in [1.165, 1.54) is 0 Å². The van der Waals surface area contributed by atoms with Gasteiger partial charge in [-0.25, -0.2) is 0 Å². The molecule has 0 unspecified atom stereocenters. The van der Waals surface area contributed by atoms with Gasteiger partial charge in [0.2, 0.25) is 11.7 Å². The van der Waals surface area contributed by atoms with E-state index in [0.29, 0.717) is 29.7 Å². The first-order chi connectivity index (χ1) is 14.2. The van der Waals surface area contributed by atoms with Gasteiger partial charge in [-0.2, -0.15) is 4.98 Å². The maximum Gasteiger partial charge on any atom is 0.228 e. The molecule has 0 atom stereocenters. The number of halogens is 1. The number of hydrogen-bond donors (Lipinski definition) is 2. The second-order valence-electron chi connectivity index (χ2n) is 6.76. The van der Waals surface area contributed by atoms with E-state index < -0.39 is 0 Å². The summed E-state index contributed by atoms with van der Waals surface area (Å²) in [5, 5.41) is 11.3. The van der Waals surface area contributed by atoms with Gasteiger partial charge in [-0.1, -0.05) is 16.8 Å². The van der Waals surface area contributed by atoms with Gasteiger partial charge in [0.25, 0.3) is 0 Å². The fourth-order valence-electron chi connectivity index (χ4n) is 3.01. The molecular weight excluding hydrogens is 392 g/mol. The average Bonchev–Trinajstić information content (AvgIpc) is 3.21. The number of benzene rings is 1. The summed E-state index contributed by atoms with van der Waals surface area (Å²) in [6.45, 7) is 9.09. The predicted molar refractivity (Wildman–Crippen MR) is 114 cm³/mol. The fraction of sp³-hybridized carbons (Fsp3) is 0.550. The van der Waals surface area contributed by atoms with E-state index in [1.54, 1.807) is 0 Å². The number of hydrogen-bond acceptors (Lipinski definition) is 6. The molecule has 1 aliphatic rings. The molecule has 0 amide bonds. The molecule has 1 saturated heterocycles. The Labute approximate surface area is 176 Å². The molecule has 2 heterocycles. The van der Waals surface area contributed by atoms with E-state index in [9.17, 15) is 0 Å². The number of aromatic nitrogens is 2. The van der Waals surface area contributed by atoms with Gasteiger partial charge >= 0.3 is 0 Å². The van der Waals surface area contributed by atoms with Crippen LogP contribution in [-0.4, -0.2) is 73.5 Å². The van der Waals surface area contributed by atoms with Crippen molar-refractivity contribution in [3.05, 3.63) is 35.2 Å². The first kappa shape index (κ1) is 21.5. The van der Waals surface area contributed by atoms with Gasteiger partial charge in [-0.3, -0.25) is 9.89 Å². The summed E-state index contributed by atoms with van der Waals surface area (Å²) in [6.07, 6.45) is 1.66. The van der Waals surface area contributed by atoms with Crippen LogP contribution in [0.5, 0.6) is 0 Å². The summed E-state index contributed by atoms with van der Waals surface area (Å²) in [4.78, 5) is 11.5. The molecule has 158 valence electrons. The topological polar surface area (TPSA) is 87.8 Å². The van der Waals surface area contributed by atoms with Crippen molar-refractivity contribution in [1.82, 2.24) is 25.7 Å². The summed E-state index contributed by atoms with van der Waals surface area (Å²) in [5.41, 5.74) is 0.882. The van der Waals surface area contributed by atoms with Crippen LogP contribution in [0.15, 0.2) is 33.8 Å².